The molecule has 1 aliphatic rings. The Hall–Kier alpha value is -2.98. The van der Waals surface area contributed by atoms with Crippen LogP contribution >= 0.6 is 0 Å². The van der Waals surface area contributed by atoms with E-state index in [1.54, 1.807) is 6.07 Å². The van der Waals surface area contributed by atoms with Gasteiger partial charge in [-0.05, 0) is 55.5 Å². The first-order valence-corrected chi connectivity index (χ1v) is 12.0. The standard InChI is InChI=1S/C26H36N4O5/c1-28-23(15-19-7-6-13-33-18-19)17-30-25(31)22-11-5-10-21(16-22)24(20-8-3-2-4-9-20)34-14-12-29-26(32)35-27/h2-5,8-11,16,19,23-24,28H,6-7,12-15,17-18,27H2,1H3,(H,29,32)(H,30,31)/t19-,23+,24?/m1/s1. The number of carbonyl (C=O) groups is 2. The first-order chi connectivity index (χ1) is 17.1. The van der Waals surface area contributed by atoms with Crippen molar-refractivity contribution in [1.29, 1.82) is 0 Å². The molecule has 1 heterocycles. The lowest BCUT2D eigenvalue weighted by Gasteiger charge is -2.26. The number of nitrogens with two attached hydrogens (primary N) is 1. The summed E-state index contributed by atoms with van der Waals surface area (Å²) >= 11 is 0. The Balaban J connectivity index is 1.63. The van der Waals surface area contributed by atoms with Gasteiger partial charge in [0.15, 0.2) is 0 Å². The van der Waals surface area contributed by atoms with Gasteiger partial charge in [-0.2, -0.15) is 5.90 Å². The highest BCUT2D eigenvalue weighted by atomic mass is 16.7. The second-order valence-electron chi connectivity index (χ2n) is 8.63. The number of carbonyl (C=O) groups excluding carboxylic acids is 2. The average molecular weight is 485 g/mol. The molecule has 0 aliphatic carbocycles. The molecule has 2 amide bonds. The fourth-order valence-corrected chi connectivity index (χ4v) is 4.24. The van der Waals surface area contributed by atoms with Gasteiger partial charge in [0.05, 0.1) is 6.61 Å². The maximum atomic E-state index is 13.0. The highest BCUT2D eigenvalue weighted by Gasteiger charge is 2.20. The minimum atomic E-state index is -0.723. The third-order valence-corrected chi connectivity index (χ3v) is 6.11. The summed E-state index contributed by atoms with van der Waals surface area (Å²) in [5.41, 5.74) is 2.35. The monoisotopic (exact) mass is 484 g/mol. The van der Waals surface area contributed by atoms with Gasteiger partial charge in [-0.3, -0.25) is 4.79 Å². The van der Waals surface area contributed by atoms with Crippen LogP contribution in [0.3, 0.4) is 0 Å². The van der Waals surface area contributed by atoms with Crippen molar-refractivity contribution >= 4 is 12.0 Å². The molecule has 1 aliphatic heterocycles. The number of benzene rings is 2. The molecule has 35 heavy (non-hydrogen) atoms. The highest BCUT2D eigenvalue weighted by Crippen LogP contribution is 2.26. The molecular formula is C26H36N4O5. The van der Waals surface area contributed by atoms with E-state index in [1.165, 1.54) is 0 Å². The molecule has 3 atom stereocenters. The average Bonchev–Trinajstić information content (AvgIpc) is 2.91. The summed E-state index contributed by atoms with van der Waals surface area (Å²) in [5, 5.41) is 8.86. The van der Waals surface area contributed by atoms with Crippen molar-refractivity contribution in [3.8, 4) is 0 Å². The molecular weight excluding hydrogens is 448 g/mol. The summed E-state index contributed by atoms with van der Waals surface area (Å²) in [6.45, 7) is 2.64. The zero-order chi connectivity index (χ0) is 24.9. The number of amides is 2. The molecule has 0 aromatic heterocycles. The summed E-state index contributed by atoms with van der Waals surface area (Å²) in [5.74, 6) is 5.23. The topological polar surface area (TPSA) is 124 Å². The van der Waals surface area contributed by atoms with Crippen LogP contribution in [0.15, 0.2) is 54.6 Å². The van der Waals surface area contributed by atoms with Gasteiger partial charge in [-0.25, -0.2) is 4.79 Å². The van der Waals surface area contributed by atoms with Gasteiger partial charge in [0.2, 0.25) is 0 Å². The first-order valence-electron chi connectivity index (χ1n) is 12.0. The molecule has 1 unspecified atom stereocenters. The number of nitrogens with one attached hydrogen (secondary N) is 3. The maximum Gasteiger partial charge on any atom is 0.425 e. The van der Waals surface area contributed by atoms with E-state index < -0.39 is 12.2 Å². The fourth-order valence-electron chi connectivity index (χ4n) is 4.24. The van der Waals surface area contributed by atoms with Gasteiger partial charge < -0.3 is 30.3 Å². The molecule has 9 nitrogen and oxygen atoms in total. The molecule has 5 N–H and O–H groups in total. The van der Waals surface area contributed by atoms with E-state index in [1.807, 2.05) is 55.6 Å². The lowest BCUT2D eigenvalue weighted by molar-refractivity contribution is 0.0478. The smallest absolute Gasteiger partial charge is 0.381 e. The fraction of sp³-hybridized carbons (Fsp3) is 0.462. The lowest BCUT2D eigenvalue weighted by atomic mass is 9.94. The van der Waals surface area contributed by atoms with Crippen LogP contribution in [-0.4, -0.2) is 58.0 Å². The SMILES string of the molecule is CN[C@H](CNC(=O)c1cccc(C(OCCNC(=O)ON)c2ccccc2)c1)C[C@H]1CCCOC1. The number of ether oxygens (including phenoxy) is 2. The summed E-state index contributed by atoms with van der Waals surface area (Å²) in [6.07, 6.45) is 2.10. The second kappa shape index (κ2) is 14.4. The van der Waals surface area contributed by atoms with Crippen LogP contribution in [0.1, 0.15) is 46.9 Å². The quantitative estimate of drug-likeness (QED) is 0.270. The lowest BCUT2D eigenvalue weighted by Crippen LogP contribution is -2.41. The summed E-state index contributed by atoms with van der Waals surface area (Å²) in [4.78, 5) is 28.2. The normalized spacial score (nSPS) is 17.3. The van der Waals surface area contributed by atoms with E-state index in [4.69, 9.17) is 15.4 Å². The van der Waals surface area contributed by atoms with Crippen molar-refractivity contribution in [3.63, 3.8) is 0 Å². The third kappa shape index (κ3) is 8.63. The Bertz CT molecular complexity index is 921. The van der Waals surface area contributed by atoms with E-state index in [0.717, 1.165) is 43.6 Å². The Kier molecular flexibility index (Phi) is 11.0. The minimum Gasteiger partial charge on any atom is -0.381 e. The van der Waals surface area contributed by atoms with Crippen molar-refractivity contribution in [2.24, 2.45) is 11.8 Å². The molecule has 0 saturated carbocycles. The van der Waals surface area contributed by atoms with Crippen molar-refractivity contribution in [2.45, 2.75) is 31.4 Å². The van der Waals surface area contributed by atoms with E-state index in [2.05, 4.69) is 20.8 Å². The number of hydrogen-bond acceptors (Lipinski definition) is 7. The van der Waals surface area contributed by atoms with Crippen LogP contribution in [0.25, 0.3) is 0 Å². The van der Waals surface area contributed by atoms with Crippen LogP contribution in [0, 0.1) is 5.92 Å². The third-order valence-electron chi connectivity index (χ3n) is 6.11. The van der Waals surface area contributed by atoms with Gasteiger partial charge in [-0.15, -0.1) is 0 Å². The van der Waals surface area contributed by atoms with E-state index >= 15 is 0 Å². The Morgan fingerprint density at radius 2 is 1.91 bits per heavy atom. The Labute approximate surface area is 206 Å². The molecule has 3 rings (SSSR count). The van der Waals surface area contributed by atoms with E-state index in [0.29, 0.717) is 18.0 Å². The predicted molar refractivity (Wildman–Crippen MR) is 133 cm³/mol. The molecule has 1 fully saturated rings. The first kappa shape index (κ1) is 26.6. The van der Waals surface area contributed by atoms with Gasteiger partial charge in [0.25, 0.3) is 5.91 Å². The van der Waals surface area contributed by atoms with Crippen LogP contribution < -0.4 is 21.8 Å². The van der Waals surface area contributed by atoms with Crippen LogP contribution in [0.5, 0.6) is 0 Å². The predicted octanol–water partition coefficient (Wildman–Crippen LogP) is 2.53. The van der Waals surface area contributed by atoms with Crippen molar-refractivity contribution < 1.29 is 23.9 Å². The number of likely N-dealkylation sites (N-methyl/N-ethyl adjacent to an activating group) is 1. The molecule has 0 bridgehead atoms. The van der Waals surface area contributed by atoms with E-state index in [-0.39, 0.29) is 25.1 Å². The Morgan fingerprint density at radius 1 is 1.11 bits per heavy atom. The van der Waals surface area contributed by atoms with Crippen molar-refractivity contribution in [2.75, 3.05) is 40.0 Å². The van der Waals surface area contributed by atoms with Crippen LogP contribution in [0.4, 0.5) is 4.79 Å². The number of rotatable bonds is 12. The molecule has 0 spiro atoms. The Morgan fingerprint density at radius 3 is 2.63 bits per heavy atom. The summed E-state index contributed by atoms with van der Waals surface area (Å²) in [6, 6.07) is 17.3. The summed E-state index contributed by atoms with van der Waals surface area (Å²) < 4.78 is 11.7. The molecule has 1 saturated heterocycles. The zero-order valence-corrected chi connectivity index (χ0v) is 20.2. The summed E-state index contributed by atoms with van der Waals surface area (Å²) in [7, 11) is 1.92. The molecule has 0 radical (unpaired) electrons. The second-order valence-corrected chi connectivity index (χ2v) is 8.63. The van der Waals surface area contributed by atoms with Gasteiger partial charge >= 0.3 is 6.09 Å². The van der Waals surface area contributed by atoms with Gasteiger partial charge in [0.1, 0.15) is 6.10 Å². The van der Waals surface area contributed by atoms with Gasteiger partial charge in [0, 0.05) is 37.9 Å². The highest BCUT2D eigenvalue weighted by molar-refractivity contribution is 5.94. The minimum absolute atomic E-state index is 0.133. The van der Waals surface area contributed by atoms with Crippen molar-refractivity contribution in [3.05, 3.63) is 71.3 Å². The van der Waals surface area contributed by atoms with Crippen molar-refractivity contribution in [1.82, 2.24) is 16.0 Å². The molecule has 9 heteroatoms. The van der Waals surface area contributed by atoms with E-state index in [9.17, 15) is 9.59 Å². The number of hydrogen-bond donors (Lipinski definition) is 4. The largest absolute Gasteiger partial charge is 0.425 e. The zero-order valence-electron chi connectivity index (χ0n) is 20.2. The molecule has 2 aromatic carbocycles. The maximum absolute atomic E-state index is 13.0. The van der Waals surface area contributed by atoms with Crippen LogP contribution in [-0.2, 0) is 14.3 Å². The van der Waals surface area contributed by atoms with Crippen LogP contribution in [0.2, 0.25) is 0 Å². The van der Waals surface area contributed by atoms with Gasteiger partial charge in [-0.1, -0.05) is 42.5 Å². The molecule has 190 valence electrons. The molecule has 2 aromatic rings.